The first-order valence-corrected chi connectivity index (χ1v) is 7.33. The van der Waals surface area contributed by atoms with Gasteiger partial charge in [0.05, 0.1) is 12.7 Å². The van der Waals surface area contributed by atoms with E-state index in [-0.39, 0.29) is 0 Å². The molecule has 0 N–H and O–H groups in total. The molecule has 106 valence electrons. The lowest BCUT2D eigenvalue weighted by atomic mass is 10.1. The van der Waals surface area contributed by atoms with E-state index in [1.807, 2.05) is 12.1 Å². The number of piperazine rings is 1. The maximum absolute atomic E-state index is 9.15. The minimum Gasteiger partial charge on any atom is -0.495 e. The molecular weight excluding hydrogens is 250 g/mol. The maximum Gasteiger partial charge on any atom is 0.136 e. The minimum atomic E-state index is 0.629. The number of rotatable bonds is 3. The van der Waals surface area contributed by atoms with Crippen molar-refractivity contribution in [2.24, 2.45) is 0 Å². The summed E-state index contributed by atoms with van der Waals surface area (Å²) in [5, 5.41) is 9.15. The molecule has 1 atom stereocenters. The Morgan fingerprint density at radius 3 is 3.05 bits per heavy atom. The van der Waals surface area contributed by atoms with Gasteiger partial charge in [0.25, 0.3) is 0 Å². The van der Waals surface area contributed by atoms with Crippen LogP contribution in [0.15, 0.2) is 18.2 Å². The second kappa shape index (κ2) is 5.82. The molecule has 2 aliphatic rings. The van der Waals surface area contributed by atoms with E-state index in [4.69, 9.17) is 10.00 Å². The van der Waals surface area contributed by atoms with Gasteiger partial charge in [-0.3, -0.25) is 9.80 Å². The van der Waals surface area contributed by atoms with Crippen LogP contribution in [0, 0.1) is 11.3 Å². The molecule has 2 aliphatic heterocycles. The second-order valence-corrected chi connectivity index (χ2v) is 5.71. The van der Waals surface area contributed by atoms with Gasteiger partial charge in [-0.05, 0) is 37.1 Å². The smallest absolute Gasteiger partial charge is 0.136 e. The molecule has 3 rings (SSSR count). The van der Waals surface area contributed by atoms with Crippen molar-refractivity contribution in [3.8, 4) is 11.8 Å². The summed E-state index contributed by atoms with van der Waals surface area (Å²) in [6, 6.07) is 8.89. The van der Waals surface area contributed by atoms with Crippen molar-refractivity contribution >= 4 is 0 Å². The third kappa shape index (κ3) is 2.65. The summed E-state index contributed by atoms with van der Waals surface area (Å²) in [7, 11) is 1.61. The molecule has 4 heteroatoms. The lowest BCUT2D eigenvalue weighted by molar-refractivity contribution is 0.0993. The molecule has 0 saturated carbocycles. The first-order valence-electron chi connectivity index (χ1n) is 7.33. The highest BCUT2D eigenvalue weighted by Gasteiger charge is 2.30. The molecule has 0 radical (unpaired) electrons. The highest BCUT2D eigenvalue weighted by molar-refractivity contribution is 5.45. The standard InChI is InChI=1S/C16H21N3O/c1-20-16-5-4-13(9-14(16)10-17)11-18-7-8-19-6-2-3-15(19)12-18/h4-5,9,15H,2-3,6-8,11-12H2,1H3. The Morgan fingerprint density at radius 2 is 2.25 bits per heavy atom. The van der Waals surface area contributed by atoms with Crippen molar-refractivity contribution in [2.45, 2.75) is 25.4 Å². The highest BCUT2D eigenvalue weighted by Crippen LogP contribution is 2.24. The fraction of sp³-hybridized carbons (Fsp3) is 0.562. The Bertz CT molecular complexity index is 523. The lowest BCUT2D eigenvalue weighted by Crippen LogP contribution is -2.49. The quantitative estimate of drug-likeness (QED) is 0.841. The van der Waals surface area contributed by atoms with Gasteiger partial charge in [0, 0.05) is 32.2 Å². The van der Waals surface area contributed by atoms with Crippen LogP contribution in [-0.2, 0) is 6.54 Å². The average Bonchev–Trinajstić information content (AvgIpc) is 2.94. The summed E-state index contributed by atoms with van der Waals surface area (Å²) < 4.78 is 5.20. The summed E-state index contributed by atoms with van der Waals surface area (Å²) in [4.78, 5) is 5.13. The number of methoxy groups -OCH3 is 1. The monoisotopic (exact) mass is 271 g/mol. The van der Waals surface area contributed by atoms with Crippen molar-refractivity contribution in [1.82, 2.24) is 9.80 Å². The first kappa shape index (κ1) is 13.4. The zero-order valence-electron chi connectivity index (χ0n) is 12.0. The molecule has 0 aromatic heterocycles. The first-order chi connectivity index (χ1) is 9.80. The zero-order chi connectivity index (χ0) is 13.9. The van der Waals surface area contributed by atoms with Gasteiger partial charge in [-0.25, -0.2) is 0 Å². The van der Waals surface area contributed by atoms with Crippen LogP contribution in [0.1, 0.15) is 24.0 Å². The van der Waals surface area contributed by atoms with Gasteiger partial charge in [0.2, 0.25) is 0 Å². The number of benzene rings is 1. The second-order valence-electron chi connectivity index (χ2n) is 5.71. The van der Waals surface area contributed by atoms with Crippen LogP contribution in [0.4, 0.5) is 0 Å². The van der Waals surface area contributed by atoms with Gasteiger partial charge in [-0.2, -0.15) is 5.26 Å². The van der Waals surface area contributed by atoms with Crippen molar-refractivity contribution in [3.63, 3.8) is 0 Å². The van der Waals surface area contributed by atoms with E-state index in [1.54, 1.807) is 7.11 Å². The van der Waals surface area contributed by atoms with Crippen LogP contribution in [0.25, 0.3) is 0 Å². The fourth-order valence-corrected chi connectivity index (χ4v) is 3.40. The van der Waals surface area contributed by atoms with Gasteiger partial charge in [0.1, 0.15) is 11.8 Å². The van der Waals surface area contributed by atoms with E-state index in [9.17, 15) is 0 Å². The molecule has 0 aliphatic carbocycles. The van der Waals surface area contributed by atoms with E-state index in [1.165, 1.54) is 31.5 Å². The van der Waals surface area contributed by atoms with E-state index >= 15 is 0 Å². The molecule has 2 heterocycles. The van der Waals surface area contributed by atoms with Crippen LogP contribution in [0.2, 0.25) is 0 Å². The largest absolute Gasteiger partial charge is 0.495 e. The Balaban J connectivity index is 1.67. The molecule has 0 spiro atoms. The summed E-state index contributed by atoms with van der Waals surface area (Å²) in [6.07, 6.45) is 2.68. The van der Waals surface area contributed by atoms with Gasteiger partial charge in [-0.15, -0.1) is 0 Å². The van der Waals surface area contributed by atoms with E-state index in [2.05, 4.69) is 21.9 Å². The SMILES string of the molecule is COc1ccc(CN2CCN3CCCC3C2)cc1C#N. The normalized spacial score (nSPS) is 23.3. The number of hydrogen-bond donors (Lipinski definition) is 0. The van der Waals surface area contributed by atoms with Crippen LogP contribution < -0.4 is 4.74 Å². The third-order valence-electron chi connectivity index (χ3n) is 4.46. The maximum atomic E-state index is 9.15. The fourth-order valence-electron chi connectivity index (χ4n) is 3.40. The Hall–Kier alpha value is -1.57. The molecule has 1 unspecified atom stereocenters. The van der Waals surface area contributed by atoms with Gasteiger partial charge >= 0.3 is 0 Å². The summed E-state index contributed by atoms with van der Waals surface area (Å²) in [6.45, 7) is 5.69. The summed E-state index contributed by atoms with van der Waals surface area (Å²) in [5.41, 5.74) is 1.83. The summed E-state index contributed by atoms with van der Waals surface area (Å²) in [5.74, 6) is 0.664. The molecule has 2 saturated heterocycles. The molecule has 1 aromatic carbocycles. The predicted molar refractivity (Wildman–Crippen MR) is 77.6 cm³/mol. The van der Waals surface area contributed by atoms with Crippen molar-refractivity contribution in [2.75, 3.05) is 33.3 Å². The topological polar surface area (TPSA) is 39.5 Å². The number of fused-ring (bicyclic) bond motifs is 1. The Morgan fingerprint density at radius 1 is 1.35 bits per heavy atom. The van der Waals surface area contributed by atoms with Gasteiger partial charge in [-0.1, -0.05) is 6.07 Å². The minimum absolute atomic E-state index is 0.629. The number of hydrogen-bond acceptors (Lipinski definition) is 4. The molecule has 0 bridgehead atoms. The van der Waals surface area contributed by atoms with Crippen LogP contribution in [0.5, 0.6) is 5.75 Å². The van der Waals surface area contributed by atoms with Crippen molar-refractivity contribution < 1.29 is 4.74 Å². The average molecular weight is 271 g/mol. The van der Waals surface area contributed by atoms with Gasteiger partial charge < -0.3 is 4.74 Å². The Kier molecular flexibility index (Phi) is 3.90. The van der Waals surface area contributed by atoms with Gasteiger partial charge in [0.15, 0.2) is 0 Å². The molecular formula is C16H21N3O. The van der Waals surface area contributed by atoms with E-state index in [0.29, 0.717) is 11.3 Å². The third-order valence-corrected chi connectivity index (χ3v) is 4.46. The molecule has 4 nitrogen and oxygen atoms in total. The van der Waals surface area contributed by atoms with E-state index < -0.39 is 0 Å². The van der Waals surface area contributed by atoms with Crippen molar-refractivity contribution in [1.29, 1.82) is 5.26 Å². The lowest BCUT2D eigenvalue weighted by Gasteiger charge is -2.37. The van der Waals surface area contributed by atoms with Crippen molar-refractivity contribution in [3.05, 3.63) is 29.3 Å². The summed E-state index contributed by atoms with van der Waals surface area (Å²) >= 11 is 0. The molecule has 2 fully saturated rings. The highest BCUT2D eigenvalue weighted by atomic mass is 16.5. The number of nitrogens with zero attached hydrogens (tertiary/aromatic N) is 3. The molecule has 20 heavy (non-hydrogen) atoms. The number of nitriles is 1. The predicted octanol–water partition coefficient (Wildman–Crippen LogP) is 1.85. The molecule has 0 amide bonds. The van der Waals surface area contributed by atoms with Crippen LogP contribution in [0.3, 0.4) is 0 Å². The number of ether oxygens (including phenoxy) is 1. The molecule has 1 aromatic rings. The van der Waals surface area contributed by atoms with Crippen LogP contribution in [-0.4, -0.2) is 49.1 Å². The van der Waals surface area contributed by atoms with Crippen LogP contribution >= 0.6 is 0 Å². The zero-order valence-corrected chi connectivity index (χ0v) is 12.0. The van der Waals surface area contributed by atoms with E-state index in [0.717, 1.165) is 25.7 Å². The Labute approximate surface area is 120 Å².